The number of piperidine rings is 1. The molecule has 0 bridgehead atoms. The van der Waals surface area contributed by atoms with Crippen molar-refractivity contribution in [1.29, 1.82) is 0 Å². The third kappa shape index (κ3) is 4.99. The first-order chi connectivity index (χ1) is 15.9. The van der Waals surface area contributed by atoms with Gasteiger partial charge in [0.2, 0.25) is 0 Å². The highest BCUT2D eigenvalue weighted by molar-refractivity contribution is 9.10. The molecule has 0 saturated carbocycles. The number of likely N-dealkylation sites (tertiary alicyclic amines) is 1. The van der Waals surface area contributed by atoms with Crippen molar-refractivity contribution in [3.05, 3.63) is 104 Å². The van der Waals surface area contributed by atoms with Crippen LogP contribution in [0.25, 0.3) is 0 Å². The lowest BCUT2D eigenvalue weighted by Gasteiger charge is -2.44. The molecule has 0 spiro atoms. The molecule has 3 nitrogen and oxygen atoms in total. The van der Waals surface area contributed by atoms with Crippen LogP contribution in [0.5, 0.6) is 0 Å². The van der Waals surface area contributed by atoms with E-state index in [0.29, 0.717) is 30.8 Å². The molecule has 1 fully saturated rings. The van der Waals surface area contributed by atoms with Crippen LogP contribution < -0.4 is 0 Å². The average molecular weight is 574 g/mol. The van der Waals surface area contributed by atoms with Gasteiger partial charge in [0.15, 0.2) is 5.78 Å². The summed E-state index contributed by atoms with van der Waals surface area (Å²) in [6.45, 7) is 3.41. The van der Waals surface area contributed by atoms with Gasteiger partial charge in [0.1, 0.15) is 5.82 Å². The SMILES string of the molecule is Cc1c(F)cccc1[C@H]1[C@@H](C(=O)c2ccccc2Br)CN(CCO)C[C@@H]1c1ccc[c]c1Br. The molecule has 0 aromatic heterocycles. The summed E-state index contributed by atoms with van der Waals surface area (Å²) in [6.07, 6.45) is 0. The lowest BCUT2D eigenvalue weighted by Crippen LogP contribution is -2.48. The fraction of sp³-hybridized carbons (Fsp3) is 0.296. The maximum absolute atomic E-state index is 14.7. The van der Waals surface area contributed by atoms with Gasteiger partial charge in [0.05, 0.1) is 6.61 Å². The molecular weight excluding hydrogens is 549 g/mol. The molecule has 0 aliphatic carbocycles. The standard InChI is InChI=1S/C27H25Br2FNO2/c1-17-18(9-6-12-25(17)30)26-21(19-7-2-4-10-23(19)28)15-31(13-14-32)16-22(26)27(33)20-8-3-5-11-24(20)29/h2-9,11-12,21-22,26,32H,13-16H2,1H3/t21-,22+,26-/m1/s1. The van der Waals surface area contributed by atoms with E-state index in [9.17, 15) is 14.3 Å². The predicted octanol–water partition coefficient (Wildman–Crippen LogP) is 6.13. The van der Waals surface area contributed by atoms with Crippen molar-refractivity contribution in [2.75, 3.05) is 26.2 Å². The lowest BCUT2D eigenvalue weighted by molar-refractivity contribution is 0.0699. The van der Waals surface area contributed by atoms with Crippen LogP contribution in [-0.2, 0) is 0 Å². The van der Waals surface area contributed by atoms with Crippen LogP contribution in [0.4, 0.5) is 4.39 Å². The summed E-state index contributed by atoms with van der Waals surface area (Å²) < 4.78 is 16.3. The zero-order valence-corrected chi connectivity index (χ0v) is 21.4. The third-order valence-electron chi connectivity index (χ3n) is 6.57. The van der Waals surface area contributed by atoms with Crippen LogP contribution >= 0.6 is 31.9 Å². The molecule has 1 radical (unpaired) electrons. The summed E-state index contributed by atoms with van der Waals surface area (Å²) in [5, 5.41) is 9.68. The molecule has 0 amide bonds. The number of carbonyl (C=O) groups excluding carboxylic acids is 1. The molecular formula is C27H25Br2FNO2. The van der Waals surface area contributed by atoms with E-state index in [1.165, 1.54) is 6.07 Å². The van der Waals surface area contributed by atoms with Crippen molar-refractivity contribution in [3.63, 3.8) is 0 Å². The number of ketones is 1. The first-order valence-electron chi connectivity index (χ1n) is 11.0. The van der Waals surface area contributed by atoms with Gasteiger partial charge in [-0.1, -0.05) is 64.5 Å². The fourth-order valence-electron chi connectivity index (χ4n) is 5.00. The number of hydrogen-bond acceptors (Lipinski definition) is 3. The summed E-state index contributed by atoms with van der Waals surface area (Å²) in [7, 11) is 0. The normalized spacial score (nSPS) is 21.2. The van der Waals surface area contributed by atoms with Crippen molar-refractivity contribution in [2.45, 2.75) is 18.8 Å². The van der Waals surface area contributed by atoms with E-state index in [0.717, 1.165) is 20.1 Å². The van der Waals surface area contributed by atoms with Crippen molar-refractivity contribution in [2.24, 2.45) is 5.92 Å². The molecule has 1 heterocycles. The van der Waals surface area contributed by atoms with Crippen LogP contribution in [0.3, 0.4) is 0 Å². The lowest BCUT2D eigenvalue weighted by atomic mass is 9.68. The van der Waals surface area contributed by atoms with E-state index in [-0.39, 0.29) is 30.0 Å². The number of β-amino-alcohol motifs (C(OH)–C–C–N with tert-alkyl or cyclic N) is 1. The molecule has 1 saturated heterocycles. The van der Waals surface area contributed by atoms with E-state index < -0.39 is 5.92 Å². The maximum atomic E-state index is 14.7. The highest BCUT2D eigenvalue weighted by atomic mass is 79.9. The van der Waals surface area contributed by atoms with Crippen LogP contribution in [-0.4, -0.2) is 42.0 Å². The van der Waals surface area contributed by atoms with E-state index in [1.54, 1.807) is 13.0 Å². The van der Waals surface area contributed by atoms with Gasteiger partial charge >= 0.3 is 0 Å². The van der Waals surface area contributed by atoms with Gasteiger partial charge < -0.3 is 5.11 Å². The summed E-state index contributed by atoms with van der Waals surface area (Å²) >= 11 is 7.18. The molecule has 3 aromatic carbocycles. The van der Waals surface area contributed by atoms with Gasteiger partial charge in [-0.25, -0.2) is 4.39 Å². The Hall–Kier alpha value is -1.86. The van der Waals surface area contributed by atoms with E-state index in [2.05, 4.69) is 42.8 Å². The zero-order chi connectivity index (χ0) is 23.5. The van der Waals surface area contributed by atoms with Crippen molar-refractivity contribution in [1.82, 2.24) is 4.90 Å². The van der Waals surface area contributed by atoms with Gasteiger partial charge in [-0.3, -0.25) is 9.69 Å². The van der Waals surface area contributed by atoms with Crippen LogP contribution in [0, 0.1) is 24.7 Å². The van der Waals surface area contributed by atoms with Crippen molar-refractivity contribution in [3.8, 4) is 0 Å². The van der Waals surface area contributed by atoms with E-state index in [1.807, 2.05) is 48.5 Å². The van der Waals surface area contributed by atoms with Crippen LogP contribution in [0.2, 0.25) is 0 Å². The van der Waals surface area contributed by atoms with Gasteiger partial charge in [0, 0.05) is 51.9 Å². The molecule has 1 aliphatic heterocycles. The summed E-state index contributed by atoms with van der Waals surface area (Å²) in [4.78, 5) is 16.1. The second-order valence-corrected chi connectivity index (χ2v) is 10.1. The van der Waals surface area contributed by atoms with Crippen molar-refractivity contribution < 1.29 is 14.3 Å². The van der Waals surface area contributed by atoms with Crippen LogP contribution in [0.1, 0.15) is 38.9 Å². The Kier molecular flexibility index (Phi) is 7.80. The number of carbonyl (C=O) groups is 1. The van der Waals surface area contributed by atoms with Crippen molar-refractivity contribution >= 4 is 37.6 Å². The molecule has 3 aromatic rings. The van der Waals surface area contributed by atoms with Crippen LogP contribution in [0.15, 0.2) is 69.6 Å². The largest absolute Gasteiger partial charge is 0.395 e. The summed E-state index contributed by atoms with van der Waals surface area (Å²) in [6, 6.07) is 21.6. The second-order valence-electron chi connectivity index (χ2n) is 8.46. The number of aliphatic hydroxyl groups is 1. The Balaban J connectivity index is 1.90. The second kappa shape index (κ2) is 10.6. The highest BCUT2D eigenvalue weighted by Crippen LogP contribution is 2.47. The first-order valence-corrected chi connectivity index (χ1v) is 12.5. The summed E-state index contributed by atoms with van der Waals surface area (Å²) in [5.74, 6) is -0.993. The fourth-order valence-corrected chi connectivity index (χ4v) is 6.03. The Morgan fingerprint density at radius 2 is 1.85 bits per heavy atom. The number of nitrogens with zero attached hydrogens (tertiary/aromatic N) is 1. The van der Waals surface area contributed by atoms with Gasteiger partial charge in [-0.2, -0.15) is 0 Å². The number of benzene rings is 3. The molecule has 6 heteroatoms. The zero-order valence-electron chi connectivity index (χ0n) is 18.3. The Labute approximate surface area is 210 Å². The molecule has 1 N–H and O–H groups in total. The van der Waals surface area contributed by atoms with E-state index in [4.69, 9.17) is 0 Å². The van der Waals surface area contributed by atoms with E-state index >= 15 is 0 Å². The Morgan fingerprint density at radius 1 is 1.09 bits per heavy atom. The number of Topliss-reactive ketones (excluding diaryl/α,β-unsaturated/α-hetero) is 1. The predicted molar refractivity (Wildman–Crippen MR) is 135 cm³/mol. The highest BCUT2D eigenvalue weighted by Gasteiger charge is 2.43. The maximum Gasteiger partial charge on any atom is 0.168 e. The Bertz CT molecular complexity index is 1150. The number of aliphatic hydroxyl groups excluding tert-OH is 1. The Morgan fingerprint density at radius 3 is 2.58 bits per heavy atom. The minimum absolute atomic E-state index is 0.00834. The smallest absolute Gasteiger partial charge is 0.168 e. The topological polar surface area (TPSA) is 40.5 Å². The van der Waals surface area contributed by atoms with Gasteiger partial charge in [0.25, 0.3) is 0 Å². The number of rotatable bonds is 6. The minimum Gasteiger partial charge on any atom is -0.395 e. The average Bonchev–Trinajstić information content (AvgIpc) is 2.81. The first kappa shape index (κ1) is 24.3. The molecule has 33 heavy (non-hydrogen) atoms. The molecule has 1 aliphatic rings. The molecule has 4 rings (SSSR count). The number of halogens is 3. The quantitative estimate of drug-likeness (QED) is 0.360. The minimum atomic E-state index is -0.415. The molecule has 0 unspecified atom stereocenters. The van der Waals surface area contributed by atoms with Gasteiger partial charge in [-0.15, -0.1) is 0 Å². The third-order valence-corrected chi connectivity index (χ3v) is 7.95. The number of hydrogen-bond donors (Lipinski definition) is 1. The summed E-state index contributed by atoms with van der Waals surface area (Å²) in [5.41, 5.74) is 3.07. The monoisotopic (exact) mass is 572 g/mol. The molecule has 3 atom stereocenters. The van der Waals surface area contributed by atoms with Gasteiger partial charge in [-0.05, 0) is 57.7 Å². The molecule has 171 valence electrons.